The van der Waals surface area contributed by atoms with E-state index in [9.17, 15) is 18.4 Å². The first-order chi connectivity index (χ1) is 16.7. The van der Waals surface area contributed by atoms with E-state index < -0.39 is 12.6 Å². The number of esters is 1. The molecule has 0 spiro atoms. The number of hydrogen-bond donors (Lipinski definition) is 0. The van der Waals surface area contributed by atoms with Crippen LogP contribution in [0.2, 0.25) is 0 Å². The molecule has 35 heavy (non-hydrogen) atoms. The average Bonchev–Trinajstić information content (AvgIpc) is 3.14. The van der Waals surface area contributed by atoms with Crippen molar-refractivity contribution in [2.75, 3.05) is 14.1 Å². The highest BCUT2D eigenvalue weighted by atomic mass is 19.3. The van der Waals surface area contributed by atoms with Gasteiger partial charge in [-0.2, -0.15) is 8.78 Å². The SMILES string of the molecule is CCC(c1nc2ccc(C#CC(=O)OC(C)C)cc2n1-c1c(C=O)cccc1OC(F)F)N(C)C. The van der Waals surface area contributed by atoms with Crippen LogP contribution in [-0.4, -0.2) is 53.5 Å². The number of alkyl halides is 2. The smallest absolute Gasteiger partial charge is 0.387 e. The number of nitrogens with zero attached hydrogens (tertiary/aromatic N) is 3. The van der Waals surface area contributed by atoms with Gasteiger partial charge in [0.2, 0.25) is 0 Å². The molecule has 0 bridgehead atoms. The molecule has 0 aliphatic carbocycles. The van der Waals surface area contributed by atoms with Crippen LogP contribution in [0.15, 0.2) is 36.4 Å². The number of hydrogen-bond acceptors (Lipinski definition) is 6. The minimum atomic E-state index is -3.09. The number of imidazole rings is 1. The number of carbonyl (C=O) groups excluding carboxylic acids is 2. The van der Waals surface area contributed by atoms with Gasteiger partial charge in [-0.1, -0.05) is 18.9 Å². The van der Waals surface area contributed by atoms with Gasteiger partial charge < -0.3 is 9.47 Å². The van der Waals surface area contributed by atoms with Gasteiger partial charge in [-0.25, -0.2) is 9.78 Å². The maximum Gasteiger partial charge on any atom is 0.387 e. The van der Waals surface area contributed by atoms with Crippen LogP contribution in [0.5, 0.6) is 5.75 Å². The summed E-state index contributed by atoms with van der Waals surface area (Å²) in [7, 11) is 3.77. The highest BCUT2D eigenvalue weighted by Crippen LogP contribution is 2.35. The molecule has 1 heterocycles. The van der Waals surface area contributed by atoms with Crippen molar-refractivity contribution in [3.63, 3.8) is 0 Å². The van der Waals surface area contributed by atoms with Crippen LogP contribution < -0.4 is 4.74 Å². The molecular weight excluding hydrogens is 456 g/mol. The average molecular weight is 484 g/mol. The molecule has 0 saturated heterocycles. The fourth-order valence-corrected chi connectivity index (χ4v) is 3.84. The molecule has 0 N–H and O–H groups in total. The Balaban J connectivity index is 2.32. The number of aldehydes is 1. The Labute approximate surface area is 202 Å². The quantitative estimate of drug-likeness (QED) is 0.261. The minimum absolute atomic E-state index is 0.157. The Bertz CT molecular complexity index is 1290. The summed E-state index contributed by atoms with van der Waals surface area (Å²) in [5, 5.41) is 0. The number of halogens is 2. The number of fused-ring (bicyclic) bond motifs is 1. The molecule has 0 amide bonds. The monoisotopic (exact) mass is 483 g/mol. The summed E-state index contributed by atoms with van der Waals surface area (Å²) in [6.07, 6.45) is 0.956. The van der Waals surface area contributed by atoms with Crippen molar-refractivity contribution in [1.29, 1.82) is 0 Å². The fourth-order valence-electron chi connectivity index (χ4n) is 3.84. The highest BCUT2D eigenvalue weighted by Gasteiger charge is 2.26. The van der Waals surface area contributed by atoms with Crippen LogP contribution in [0.25, 0.3) is 16.7 Å². The predicted molar refractivity (Wildman–Crippen MR) is 128 cm³/mol. The minimum Gasteiger partial charge on any atom is -0.453 e. The Morgan fingerprint density at radius 2 is 1.97 bits per heavy atom. The van der Waals surface area contributed by atoms with E-state index in [4.69, 9.17) is 14.5 Å². The van der Waals surface area contributed by atoms with Gasteiger partial charge in [0.1, 0.15) is 11.5 Å². The summed E-state index contributed by atoms with van der Waals surface area (Å²) in [5.41, 5.74) is 1.90. The lowest BCUT2D eigenvalue weighted by Crippen LogP contribution is -2.23. The first-order valence-electron chi connectivity index (χ1n) is 11.1. The lowest BCUT2D eigenvalue weighted by Gasteiger charge is -2.25. The van der Waals surface area contributed by atoms with Crippen molar-refractivity contribution in [3.05, 3.63) is 53.3 Å². The van der Waals surface area contributed by atoms with E-state index in [-0.39, 0.29) is 29.1 Å². The molecule has 0 radical (unpaired) electrons. The van der Waals surface area contributed by atoms with Gasteiger partial charge in [0, 0.05) is 17.0 Å². The summed E-state index contributed by atoms with van der Waals surface area (Å²) >= 11 is 0. The van der Waals surface area contributed by atoms with Crippen molar-refractivity contribution < 1.29 is 27.8 Å². The molecule has 0 saturated carbocycles. The van der Waals surface area contributed by atoms with Gasteiger partial charge in [0.05, 0.1) is 23.2 Å². The van der Waals surface area contributed by atoms with Gasteiger partial charge in [-0.3, -0.25) is 14.3 Å². The number of carbonyl (C=O) groups is 2. The molecule has 1 atom stereocenters. The van der Waals surface area contributed by atoms with E-state index in [1.54, 1.807) is 36.6 Å². The largest absolute Gasteiger partial charge is 0.453 e. The third kappa shape index (κ3) is 5.84. The number of rotatable bonds is 8. The van der Waals surface area contributed by atoms with E-state index in [2.05, 4.69) is 11.8 Å². The maximum atomic E-state index is 13.3. The van der Waals surface area contributed by atoms with E-state index >= 15 is 0 Å². The molecule has 3 aromatic rings. The van der Waals surface area contributed by atoms with E-state index in [0.717, 1.165) is 0 Å². The van der Waals surface area contributed by atoms with Crippen LogP contribution in [-0.2, 0) is 9.53 Å². The van der Waals surface area contributed by atoms with E-state index in [1.165, 1.54) is 18.2 Å². The topological polar surface area (TPSA) is 73.7 Å². The van der Waals surface area contributed by atoms with E-state index in [0.29, 0.717) is 35.1 Å². The second-order valence-electron chi connectivity index (χ2n) is 8.29. The van der Waals surface area contributed by atoms with Crippen molar-refractivity contribution >= 4 is 23.3 Å². The first-order valence-corrected chi connectivity index (χ1v) is 11.1. The zero-order valence-electron chi connectivity index (χ0n) is 20.2. The van der Waals surface area contributed by atoms with Crippen LogP contribution in [0.1, 0.15) is 55.0 Å². The highest BCUT2D eigenvalue weighted by molar-refractivity contribution is 5.90. The maximum absolute atomic E-state index is 13.3. The van der Waals surface area contributed by atoms with Crippen LogP contribution in [0.4, 0.5) is 8.78 Å². The summed E-state index contributed by atoms with van der Waals surface area (Å²) in [4.78, 5) is 30.6. The Morgan fingerprint density at radius 1 is 1.23 bits per heavy atom. The molecule has 1 aromatic heterocycles. The van der Waals surface area contributed by atoms with Crippen molar-refractivity contribution in [3.8, 4) is 23.3 Å². The zero-order chi connectivity index (χ0) is 25.7. The molecule has 0 aliphatic heterocycles. The second kappa shape index (κ2) is 11.1. The molecule has 184 valence electrons. The number of benzene rings is 2. The van der Waals surface area contributed by atoms with Crippen molar-refractivity contribution in [2.24, 2.45) is 0 Å². The number of para-hydroxylation sites is 1. The third-order valence-corrected chi connectivity index (χ3v) is 5.24. The number of ether oxygens (including phenoxy) is 2. The molecule has 7 nitrogen and oxygen atoms in total. The summed E-state index contributed by atoms with van der Waals surface area (Å²) < 4.78 is 38.0. The normalized spacial score (nSPS) is 12.1. The molecule has 0 fully saturated rings. The summed E-state index contributed by atoms with van der Waals surface area (Å²) in [6, 6.07) is 9.31. The lowest BCUT2D eigenvalue weighted by atomic mass is 10.1. The molecular formula is C26H27F2N3O4. The molecule has 0 aliphatic rings. The molecule has 3 rings (SSSR count). The molecule has 1 unspecified atom stereocenters. The molecule has 2 aromatic carbocycles. The van der Waals surface area contributed by atoms with Gasteiger partial charge in [0.25, 0.3) is 0 Å². The van der Waals surface area contributed by atoms with E-state index in [1.807, 2.05) is 25.9 Å². The van der Waals surface area contributed by atoms with Crippen molar-refractivity contribution in [2.45, 2.75) is 45.9 Å². The Morgan fingerprint density at radius 3 is 2.57 bits per heavy atom. The zero-order valence-corrected chi connectivity index (χ0v) is 20.2. The Kier molecular flexibility index (Phi) is 8.20. The van der Waals surface area contributed by atoms with Crippen LogP contribution >= 0.6 is 0 Å². The summed E-state index contributed by atoms with van der Waals surface area (Å²) in [6.45, 7) is 2.35. The van der Waals surface area contributed by atoms with Gasteiger partial charge in [-0.15, -0.1) is 0 Å². The summed E-state index contributed by atoms with van der Waals surface area (Å²) in [5.74, 6) is 4.95. The standard InChI is InChI=1S/C26H27F2N3O4/c1-6-20(30(4)5)25-29-19-12-10-17(11-13-23(33)34-16(2)3)14-21(19)31(25)24-18(15-32)8-7-9-22(24)35-26(27)28/h7-10,12,14-16,20,26H,6H2,1-5H3. The predicted octanol–water partition coefficient (Wildman–Crippen LogP) is 4.76. The molecule has 9 heteroatoms. The third-order valence-electron chi connectivity index (χ3n) is 5.24. The van der Waals surface area contributed by atoms with Gasteiger partial charge in [-0.05, 0) is 64.7 Å². The second-order valence-corrected chi connectivity index (χ2v) is 8.29. The lowest BCUT2D eigenvalue weighted by molar-refractivity contribution is -0.140. The van der Waals surface area contributed by atoms with Crippen LogP contribution in [0.3, 0.4) is 0 Å². The number of aromatic nitrogens is 2. The Hall–Kier alpha value is -3.77. The van der Waals surface area contributed by atoms with Crippen LogP contribution in [0, 0.1) is 11.8 Å². The van der Waals surface area contributed by atoms with Crippen molar-refractivity contribution in [1.82, 2.24) is 14.5 Å². The van der Waals surface area contributed by atoms with Gasteiger partial charge >= 0.3 is 12.6 Å². The first kappa shape index (κ1) is 25.8. The van der Waals surface area contributed by atoms with Gasteiger partial charge in [0.15, 0.2) is 12.0 Å². The fraction of sp³-hybridized carbons (Fsp3) is 0.346.